The molecule has 0 spiro atoms. The Labute approximate surface area is 209 Å². The van der Waals surface area contributed by atoms with Crippen LogP contribution >= 0.6 is 0 Å². The van der Waals surface area contributed by atoms with Gasteiger partial charge >= 0.3 is 18.2 Å². The van der Waals surface area contributed by atoms with Crippen LogP contribution in [0.4, 0.5) is 26.7 Å². The molecule has 3 amide bonds. The Morgan fingerprint density at radius 1 is 1.16 bits per heavy atom. The van der Waals surface area contributed by atoms with Crippen molar-refractivity contribution in [2.75, 3.05) is 26.2 Å². The molecular formula is C21H29F5N6O5. The predicted molar refractivity (Wildman–Crippen MR) is 115 cm³/mol. The van der Waals surface area contributed by atoms with Crippen molar-refractivity contribution in [3.63, 3.8) is 0 Å². The molecule has 2 aliphatic rings. The summed E-state index contributed by atoms with van der Waals surface area (Å²) >= 11 is 0. The lowest BCUT2D eigenvalue weighted by molar-refractivity contribution is -0.293. The van der Waals surface area contributed by atoms with E-state index in [-0.39, 0.29) is 63.6 Å². The van der Waals surface area contributed by atoms with Gasteiger partial charge in [0.1, 0.15) is 12.2 Å². The molecule has 2 atom stereocenters. The third-order valence-electron chi connectivity index (χ3n) is 5.65. The second kappa shape index (κ2) is 10.4. The molecule has 1 N–H and O–H groups in total. The van der Waals surface area contributed by atoms with Gasteiger partial charge in [0.05, 0.1) is 18.7 Å². The van der Waals surface area contributed by atoms with Crippen LogP contribution in [0.5, 0.6) is 0 Å². The van der Waals surface area contributed by atoms with Crippen LogP contribution in [0.3, 0.4) is 0 Å². The first-order valence-corrected chi connectivity index (χ1v) is 11.5. The Morgan fingerprint density at radius 3 is 2.46 bits per heavy atom. The van der Waals surface area contributed by atoms with Crippen molar-refractivity contribution in [3.8, 4) is 0 Å². The maximum absolute atomic E-state index is 13.8. The number of nitrogens with one attached hydrogen (secondary N) is 1. The van der Waals surface area contributed by atoms with Gasteiger partial charge in [-0.25, -0.2) is 4.79 Å². The van der Waals surface area contributed by atoms with Crippen LogP contribution in [-0.2, 0) is 38.1 Å². The maximum Gasteiger partial charge on any atom is 0.461 e. The van der Waals surface area contributed by atoms with Crippen LogP contribution in [0, 0.1) is 0 Å². The normalized spacial score (nSPS) is 19.9. The highest BCUT2D eigenvalue weighted by Crippen LogP contribution is 2.43. The van der Waals surface area contributed by atoms with E-state index >= 15 is 0 Å². The average molecular weight is 540 g/mol. The highest BCUT2D eigenvalue weighted by atomic mass is 19.4. The second-order valence-electron chi connectivity index (χ2n) is 9.95. The van der Waals surface area contributed by atoms with E-state index in [0.717, 1.165) is 0 Å². The number of rotatable bonds is 6. The number of alkyl carbamates (subject to hydrolysis) is 1. The van der Waals surface area contributed by atoms with Crippen molar-refractivity contribution < 1.29 is 45.8 Å². The largest absolute Gasteiger partial charge is 0.461 e. The smallest absolute Gasteiger partial charge is 0.444 e. The van der Waals surface area contributed by atoms with Crippen molar-refractivity contribution in [2.24, 2.45) is 0 Å². The highest BCUT2D eigenvalue weighted by Gasteiger charge is 2.62. The van der Waals surface area contributed by atoms with Crippen LogP contribution in [-0.4, -0.2) is 92.6 Å². The average Bonchev–Trinajstić information content (AvgIpc) is 3.18. The number of morpholine rings is 1. The quantitative estimate of drug-likeness (QED) is 0.547. The lowest BCUT2D eigenvalue weighted by Gasteiger charge is -2.35. The minimum absolute atomic E-state index is 0.0243. The molecule has 16 heteroatoms. The topological polar surface area (TPSA) is 119 Å². The van der Waals surface area contributed by atoms with Gasteiger partial charge < -0.3 is 29.2 Å². The monoisotopic (exact) mass is 540 g/mol. The standard InChI is InChI=1S/C21H29F5N6O5/c1-12-8-31(16(34)11-36-12)9-13(27-18(35)37-19(2,3)4)7-15(33)30-5-6-32-14(10-30)28-29-17(32)20(22,23)21(24,25)26/h12-13H,5-11H2,1-4H3,(H,27,35)/t12-,13-/m0/s1. The molecule has 0 aliphatic carbocycles. The van der Waals surface area contributed by atoms with Crippen LogP contribution in [0.2, 0.25) is 0 Å². The predicted octanol–water partition coefficient (Wildman–Crippen LogP) is 1.81. The molecule has 208 valence electrons. The van der Waals surface area contributed by atoms with Gasteiger partial charge in [-0.1, -0.05) is 0 Å². The second-order valence-corrected chi connectivity index (χ2v) is 9.95. The van der Waals surface area contributed by atoms with E-state index < -0.39 is 41.6 Å². The fourth-order valence-electron chi connectivity index (χ4n) is 3.92. The summed E-state index contributed by atoms with van der Waals surface area (Å²) in [5.41, 5.74) is -0.824. The first-order valence-electron chi connectivity index (χ1n) is 11.5. The molecule has 0 unspecified atom stereocenters. The third-order valence-corrected chi connectivity index (χ3v) is 5.65. The molecule has 3 heterocycles. The van der Waals surface area contributed by atoms with Gasteiger partial charge in [0.25, 0.3) is 0 Å². The summed E-state index contributed by atoms with van der Waals surface area (Å²) < 4.78 is 77.2. The first-order chi connectivity index (χ1) is 17.0. The summed E-state index contributed by atoms with van der Waals surface area (Å²) in [6.45, 7) is 5.87. The molecule has 1 saturated heterocycles. The number of nitrogens with zero attached hydrogens (tertiary/aromatic N) is 5. The van der Waals surface area contributed by atoms with Crippen LogP contribution in [0.25, 0.3) is 0 Å². The van der Waals surface area contributed by atoms with Gasteiger partial charge in [-0.15, -0.1) is 10.2 Å². The fourth-order valence-corrected chi connectivity index (χ4v) is 3.92. The Hall–Kier alpha value is -3.04. The van der Waals surface area contributed by atoms with Gasteiger partial charge in [0, 0.05) is 32.6 Å². The Balaban J connectivity index is 1.72. The molecule has 0 aromatic carbocycles. The van der Waals surface area contributed by atoms with Gasteiger partial charge in [-0.3, -0.25) is 9.59 Å². The highest BCUT2D eigenvalue weighted by molar-refractivity contribution is 5.80. The minimum atomic E-state index is -5.85. The molecule has 1 aromatic rings. The Kier molecular flexibility index (Phi) is 8.00. The van der Waals surface area contributed by atoms with Crippen molar-refractivity contribution in [1.82, 2.24) is 29.9 Å². The van der Waals surface area contributed by atoms with Crippen LogP contribution in [0.15, 0.2) is 0 Å². The zero-order valence-electron chi connectivity index (χ0n) is 20.8. The number of halogens is 5. The lowest BCUT2D eigenvalue weighted by atomic mass is 10.1. The van der Waals surface area contributed by atoms with E-state index in [1.807, 2.05) is 0 Å². The zero-order chi connectivity index (χ0) is 27.8. The lowest BCUT2D eigenvalue weighted by Crippen LogP contribution is -2.53. The molecule has 11 nitrogen and oxygen atoms in total. The summed E-state index contributed by atoms with van der Waals surface area (Å²) in [4.78, 5) is 40.4. The van der Waals surface area contributed by atoms with Gasteiger partial charge in [0.15, 0.2) is 5.82 Å². The fraction of sp³-hybridized carbons (Fsp3) is 0.762. The Morgan fingerprint density at radius 2 is 1.84 bits per heavy atom. The van der Waals surface area contributed by atoms with Crippen LogP contribution in [0.1, 0.15) is 45.8 Å². The SMILES string of the molecule is C[C@H]1CN(C[C@H](CC(=O)N2CCn3c(nnc3C(F)(F)C(F)(F)F)C2)NC(=O)OC(C)(C)C)C(=O)CO1. The Bertz CT molecular complexity index is 1020. The van der Waals surface area contributed by atoms with Gasteiger partial charge in [-0.2, -0.15) is 22.0 Å². The van der Waals surface area contributed by atoms with Crippen LogP contribution < -0.4 is 5.32 Å². The van der Waals surface area contributed by atoms with Gasteiger partial charge in [-0.05, 0) is 27.7 Å². The zero-order valence-corrected chi connectivity index (χ0v) is 20.8. The third kappa shape index (κ3) is 6.84. The molecule has 37 heavy (non-hydrogen) atoms. The van der Waals surface area contributed by atoms with E-state index in [0.29, 0.717) is 4.57 Å². The summed E-state index contributed by atoms with van der Waals surface area (Å²) in [6, 6.07) is -0.874. The number of aromatic nitrogens is 3. The van der Waals surface area contributed by atoms with Crippen molar-refractivity contribution in [1.29, 1.82) is 0 Å². The van der Waals surface area contributed by atoms with Crippen molar-refractivity contribution >= 4 is 17.9 Å². The van der Waals surface area contributed by atoms with Crippen molar-refractivity contribution in [2.45, 2.75) is 77.1 Å². The summed E-state index contributed by atoms with van der Waals surface area (Å²) in [5.74, 6) is -7.83. The molecule has 0 saturated carbocycles. The first kappa shape index (κ1) is 28.5. The number of hydrogen-bond donors (Lipinski definition) is 1. The molecular weight excluding hydrogens is 511 g/mol. The minimum Gasteiger partial charge on any atom is -0.444 e. The number of carbonyl (C=O) groups excluding carboxylic acids is 3. The number of alkyl halides is 5. The molecule has 0 bridgehead atoms. The molecule has 1 fully saturated rings. The summed E-state index contributed by atoms with van der Waals surface area (Å²) in [5, 5.41) is 9.05. The van der Waals surface area contributed by atoms with Crippen molar-refractivity contribution in [3.05, 3.63) is 11.6 Å². The van der Waals surface area contributed by atoms with E-state index in [9.17, 15) is 36.3 Å². The van der Waals surface area contributed by atoms with E-state index in [1.54, 1.807) is 27.7 Å². The number of carbonyl (C=O) groups is 3. The molecule has 0 radical (unpaired) electrons. The van der Waals surface area contributed by atoms with E-state index in [1.165, 1.54) is 9.80 Å². The maximum atomic E-state index is 13.8. The van der Waals surface area contributed by atoms with E-state index in [2.05, 4.69) is 15.5 Å². The number of fused-ring (bicyclic) bond motifs is 1. The molecule has 3 rings (SSSR count). The molecule has 1 aromatic heterocycles. The van der Waals surface area contributed by atoms with Gasteiger partial charge in [0.2, 0.25) is 17.6 Å². The number of ether oxygens (including phenoxy) is 2. The molecule has 2 aliphatic heterocycles. The summed E-state index contributed by atoms with van der Waals surface area (Å²) in [7, 11) is 0. The van der Waals surface area contributed by atoms with E-state index in [4.69, 9.17) is 9.47 Å². The summed E-state index contributed by atoms with van der Waals surface area (Å²) in [6.07, 6.45) is -7.21. The number of hydrogen-bond acceptors (Lipinski definition) is 7. The number of amides is 3.